The fraction of sp³-hybridized carbons (Fsp3) is 0.280. The zero-order valence-electron chi connectivity index (χ0n) is 19.4. The van der Waals surface area contributed by atoms with Crippen molar-refractivity contribution in [2.45, 2.75) is 32.8 Å². The van der Waals surface area contributed by atoms with Crippen molar-refractivity contribution in [3.05, 3.63) is 71.9 Å². The molecule has 1 fully saturated rings. The minimum atomic E-state index is -0.645. The summed E-state index contributed by atoms with van der Waals surface area (Å²) >= 11 is 0. The van der Waals surface area contributed by atoms with Crippen molar-refractivity contribution < 1.29 is 13.9 Å². The zero-order valence-corrected chi connectivity index (χ0v) is 19.4. The molecule has 0 amide bonds. The van der Waals surface area contributed by atoms with Crippen molar-refractivity contribution in [3.63, 3.8) is 0 Å². The molecule has 0 bridgehead atoms. The summed E-state index contributed by atoms with van der Waals surface area (Å²) in [6.45, 7) is 4.92. The largest absolute Gasteiger partial charge is 0.393 e. The molecule has 0 saturated carbocycles. The van der Waals surface area contributed by atoms with Gasteiger partial charge in [0.2, 0.25) is 5.95 Å². The summed E-state index contributed by atoms with van der Waals surface area (Å²) in [5.41, 5.74) is 2.51. The van der Waals surface area contributed by atoms with Gasteiger partial charge in [-0.2, -0.15) is 5.10 Å². The smallest absolute Gasteiger partial charge is 0.227 e. The Morgan fingerprint density at radius 2 is 1.71 bits per heavy atom. The van der Waals surface area contributed by atoms with E-state index in [1.165, 1.54) is 12.1 Å². The molecule has 2 aromatic carbocycles. The number of nitrogens with one attached hydrogen (secondary N) is 1. The Labute approximate surface area is 201 Å². The third kappa shape index (κ3) is 4.97. The molecule has 2 N–H and O–H groups in total. The van der Waals surface area contributed by atoms with Crippen molar-refractivity contribution in [1.82, 2.24) is 24.7 Å². The number of rotatable bonds is 5. The molecule has 180 valence electrons. The Kier molecular flexibility index (Phi) is 6.12. The van der Waals surface area contributed by atoms with Crippen LogP contribution < -0.4 is 10.2 Å². The second kappa shape index (κ2) is 9.38. The molecule has 5 rings (SSSR count). The molecule has 10 heteroatoms. The molecule has 4 aromatic rings. The average molecular weight is 478 g/mol. The highest BCUT2D eigenvalue weighted by Gasteiger charge is 2.20. The number of aliphatic hydroxyl groups excluding tert-OH is 1. The number of aromatic nitrogens is 5. The molecule has 2 aromatic heterocycles. The maximum Gasteiger partial charge on any atom is 0.227 e. The predicted molar refractivity (Wildman–Crippen MR) is 129 cm³/mol. The molecule has 1 aliphatic heterocycles. The first-order chi connectivity index (χ1) is 16.9. The molecular weight excluding hydrogens is 452 g/mol. The minimum Gasteiger partial charge on any atom is -0.393 e. The number of hydrogen-bond acceptors (Lipinski definition) is 7. The molecule has 0 aliphatic carbocycles. The van der Waals surface area contributed by atoms with Crippen LogP contribution in [0.5, 0.6) is 0 Å². The van der Waals surface area contributed by atoms with Crippen LogP contribution in [-0.4, -0.2) is 49.0 Å². The van der Waals surface area contributed by atoms with Gasteiger partial charge in [0, 0.05) is 30.0 Å². The van der Waals surface area contributed by atoms with Gasteiger partial charge in [-0.1, -0.05) is 0 Å². The van der Waals surface area contributed by atoms with Gasteiger partial charge in [-0.3, -0.25) is 0 Å². The first-order valence-corrected chi connectivity index (χ1v) is 11.4. The van der Waals surface area contributed by atoms with Gasteiger partial charge in [0.05, 0.1) is 18.0 Å². The van der Waals surface area contributed by atoms with Crippen LogP contribution in [0, 0.1) is 25.5 Å². The monoisotopic (exact) mass is 477 g/mol. The van der Waals surface area contributed by atoms with Crippen molar-refractivity contribution in [1.29, 1.82) is 0 Å². The third-order valence-electron chi connectivity index (χ3n) is 5.97. The van der Waals surface area contributed by atoms with Gasteiger partial charge in [-0.05, 0) is 69.2 Å². The van der Waals surface area contributed by atoms with Crippen LogP contribution in [0.4, 0.5) is 26.1 Å². The Bertz CT molecular complexity index is 1350. The summed E-state index contributed by atoms with van der Waals surface area (Å²) in [5, 5.41) is 17.2. The lowest BCUT2D eigenvalue weighted by Crippen LogP contribution is -2.35. The summed E-state index contributed by atoms with van der Waals surface area (Å²) in [6.07, 6.45) is 1.95. The van der Waals surface area contributed by atoms with Crippen molar-refractivity contribution in [2.75, 3.05) is 23.3 Å². The van der Waals surface area contributed by atoms with Crippen LogP contribution in [0.15, 0.2) is 48.7 Å². The third-order valence-corrected chi connectivity index (χ3v) is 5.97. The zero-order chi connectivity index (χ0) is 24.5. The van der Waals surface area contributed by atoms with Gasteiger partial charge < -0.3 is 15.3 Å². The molecule has 8 nitrogen and oxygen atoms in total. The second-order valence-corrected chi connectivity index (χ2v) is 8.60. The Morgan fingerprint density at radius 1 is 0.971 bits per heavy atom. The molecule has 0 radical (unpaired) electrons. The van der Waals surface area contributed by atoms with Crippen LogP contribution in [0.1, 0.15) is 24.5 Å². The normalized spacial score (nSPS) is 14.4. The fourth-order valence-corrected chi connectivity index (χ4v) is 4.23. The second-order valence-electron chi connectivity index (χ2n) is 8.60. The lowest BCUT2D eigenvalue weighted by molar-refractivity contribution is 0.145. The first-order valence-electron chi connectivity index (χ1n) is 11.4. The summed E-state index contributed by atoms with van der Waals surface area (Å²) in [7, 11) is 0. The number of halogens is 2. The standard InChI is InChI=1S/C25H25F2N7O/c1-15-29-16(2)34(32-15)20-5-3-19(4-6-20)30-25-28-14-23(27)24(31-25)17-11-18(26)13-21(12-17)33-9-7-22(35)8-10-33/h3-6,11-14,22,35H,7-10H2,1-2H3,(H,28,30,31). The van der Waals surface area contributed by atoms with E-state index >= 15 is 0 Å². The summed E-state index contributed by atoms with van der Waals surface area (Å²) < 4.78 is 30.9. The minimum absolute atomic E-state index is 0.00521. The molecule has 0 unspecified atom stereocenters. The Morgan fingerprint density at radius 3 is 2.40 bits per heavy atom. The van der Waals surface area contributed by atoms with E-state index < -0.39 is 11.6 Å². The molecule has 0 spiro atoms. The van der Waals surface area contributed by atoms with E-state index in [0.717, 1.165) is 17.7 Å². The van der Waals surface area contributed by atoms with Gasteiger partial charge in [0.15, 0.2) is 5.82 Å². The molecular formula is C25H25F2N7O. The SMILES string of the molecule is Cc1nc(C)n(-c2ccc(Nc3ncc(F)c(-c4cc(F)cc(N5CCC(O)CC5)c4)n3)cc2)n1. The molecule has 1 saturated heterocycles. The number of benzene rings is 2. The van der Waals surface area contributed by atoms with Gasteiger partial charge in [0.1, 0.15) is 23.2 Å². The topological polar surface area (TPSA) is 92.0 Å². The highest BCUT2D eigenvalue weighted by molar-refractivity contribution is 5.68. The van der Waals surface area contributed by atoms with E-state index in [1.54, 1.807) is 10.7 Å². The Balaban J connectivity index is 1.39. The molecule has 3 heterocycles. The van der Waals surface area contributed by atoms with Crippen LogP contribution in [0.3, 0.4) is 0 Å². The highest BCUT2D eigenvalue weighted by atomic mass is 19.1. The number of hydrogen-bond donors (Lipinski definition) is 2. The van der Waals surface area contributed by atoms with Gasteiger partial charge >= 0.3 is 0 Å². The quantitative estimate of drug-likeness (QED) is 0.442. The van der Waals surface area contributed by atoms with E-state index in [-0.39, 0.29) is 17.7 Å². The fourth-order valence-electron chi connectivity index (χ4n) is 4.23. The Hall–Kier alpha value is -3.92. The first kappa shape index (κ1) is 22.9. The van der Waals surface area contributed by atoms with E-state index in [4.69, 9.17) is 0 Å². The van der Waals surface area contributed by atoms with Crippen LogP contribution in [0.25, 0.3) is 16.9 Å². The van der Waals surface area contributed by atoms with E-state index in [9.17, 15) is 13.9 Å². The number of aryl methyl sites for hydroxylation is 2. The van der Waals surface area contributed by atoms with Crippen molar-refractivity contribution in [2.24, 2.45) is 0 Å². The number of nitrogens with zero attached hydrogens (tertiary/aromatic N) is 6. The van der Waals surface area contributed by atoms with Crippen LogP contribution >= 0.6 is 0 Å². The van der Waals surface area contributed by atoms with Gasteiger partial charge in [-0.25, -0.2) is 28.4 Å². The van der Waals surface area contributed by atoms with Crippen molar-refractivity contribution in [3.8, 4) is 16.9 Å². The predicted octanol–water partition coefficient (Wildman–Crippen LogP) is 4.32. The van der Waals surface area contributed by atoms with Gasteiger partial charge in [-0.15, -0.1) is 0 Å². The number of aliphatic hydroxyl groups is 1. The molecule has 1 aliphatic rings. The highest BCUT2D eigenvalue weighted by Crippen LogP contribution is 2.29. The van der Waals surface area contributed by atoms with E-state index in [1.807, 2.05) is 43.0 Å². The summed E-state index contributed by atoms with van der Waals surface area (Å²) in [6, 6.07) is 11.8. The summed E-state index contributed by atoms with van der Waals surface area (Å²) in [5.74, 6) is 0.535. The van der Waals surface area contributed by atoms with Gasteiger partial charge in [0.25, 0.3) is 0 Å². The maximum atomic E-state index is 14.7. The van der Waals surface area contributed by atoms with Crippen LogP contribution in [-0.2, 0) is 0 Å². The molecule has 0 atom stereocenters. The lowest BCUT2D eigenvalue weighted by atomic mass is 10.1. The number of piperidine rings is 1. The van der Waals surface area contributed by atoms with Crippen LogP contribution in [0.2, 0.25) is 0 Å². The van der Waals surface area contributed by atoms with Crippen molar-refractivity contribution >= 4 is 17.3 Å². The molecule has 35 heavy (non-hydrogen) atoms. The summed E-state index contributed by atoms with van der Waals surface area (Å²) in [4.78, 5) is 14.7. The average Bonchev–Trinajstić information content (AvgIpc) is 3.18. The van der Waals surface area contributed by atoms with E-state index in [0.29, 0.717) is 48.7 Å². The van der Waals surface area contributed by atoms with E-state index in [2.05, 4.69) is 25.4 Å². The lowest BCUT2D eigenvalue weighted by Gasteiger charge is -2.31. The maximum absolute atomic E-state index is 14.7. The number of anilines is 3.